The Balaban J connectivity index is 1.48. The molecule has 0 fully saturated rings. The van der Waals surface area contributed by atoms with Gasteiger partial charge in [-0.1, -0.05) is 24.3 Å². The molecule has 0 radical (unpaired) electrons. The highest BCUT2D eigenvalue weighted by molar-refractivity contribution is 5.95. The largest absolute Gasteiger partial charge is 0.491 e. The molecular weight excluding hydrogens is 465 g/mol. The van der Waals surface area contributed by atoms with Crippen molar-refractivity contribution >= 4 is 11.8 Å². The number of rotatable bonds is 10. The van der Waals surface area contributed by atoms with Crippen LogP contribution in [0.2, 0.25) is 0 Å². The first kappa shape index (κ1) is 25.6. The first-order valence-electron chi connectivity index (χ1n) is 10.5. The van der Waals surface area contributed by atoms with Gasteiger partial charge in [-0.3, -0.25) is 9.59 Å². The molecule has 3 aromatic rings. The summed E-state index contributed by atoms with van der Waals surface area (Å²) in [6.07, 6.45) is -5.53. The molecule has 35 heavy (non-hydrogen) atoms. The zero-order chi connectivity index (χ0) is 25.4. The van der Waals surface area contributed by atoms with Gasteiger partial charge in [0.25, 0.3) is 11.8 Å². The number of nitrogens with two attached hydrogens (primary N) is 1. The molecule has 0 heterocycles. The minimum atomic E-state index is -4.44. The molecule has 0 bridgehead atoms. The van der Waals surface area contributed by atoms with E-state index in [2.05, 4.69) is 5.32 Å². The fourth-order valence-corrected chi connectivity index (χ4v) is 3.06. The van der Waals surface area contributed by atoms with Gasteiger partial charge in [-0.2, -0.15) is 13.2 Å². The van der Waals surface area contributed by atoms with Gasteiger partial charge in [-0.05, 0) is 54.1 Å². The first-order valence-corrected chi connectivity index (χ1v) is 10.5. The van der Waals surface area contributed by atoms with E-state index in [1.807, 2.05) is 0 Å². The van der Waals surface area contributed by atoms with Crippen LogP contribution in [-0.4, -0.2) is 36.2 Å². The molecule has 10 heteroatoms. The quantitative estimate of drug-likeness (QED) is 0.404. The second kappa shape index (κ2) is 11.4. The summed E-state index contributed by atoms with van der Waals surface area (Å²) < 4.78 is 48.7. The van der Waals surface area contributed by atoms with E-state index in [0.29, 0.717) is 16.9 Å². The molecule has 0 aliphatic carbocycles. The van der Waals surface area contributed by atoms with E-state index < -0.39 is 29.7 Å². The lowest BCUT2D eigenvalue weighted by Crippen LogP contribution is -2.35. The van der Waals surface area contributed by atoms with Crippen LogP contribution in [0.4, 0.5) is 13.2 Å². The number of aliphatic hydroxyl groups is 1. The van der Waals surface area contributed by atoms with Crippen LogP contribution in [0.15, 0.2) is 72.8 Å². The number of primary amides is 1. The number of halogens is 3. The van der Waals surface area contributed by atoms with Gasteiger partial charge in [0.05, 0.1) is 11.1 Å². The number of hydrogen-bond donors (Lipinski definition) is 3. The number of hydrogen-bond acceptors (Lipinski definition) is 5. The maximum atomic E-state index is 12.6. The molecule has 0 spiro atoms. The van der Waals surface area contributed by atoms with Crippen LogP contribution in [0.5, 0.6) is 11.5 Å². The van der Waals surface area contributed by atoms with E-state index >= 15 is 0 Å². The molecule has 1 atom stereocenters. The van der Waals surface area contributed by atoms with Crippen LogP contribution in [0.1, 0.15) is 31.8 Å². The van der Waals surface area contributed by atoms with Crippen LogP contribution in [-0.2, 0) is 12.8 Å². The number of carbonyl (C=O) groups is 2. The van der Waals surface area contributed by atoms with E-state index in [1.54, 1.807) is 48.5 Å². The molecular formula is C25H23F3N2O5. The number of alkyl halides is 3. The van der Waals surface area contributed by atoms with Crippen molar-refractivity contribution in [2.75, 3.05) is 13.2 Å². The highest BCUT2D eigenvalue weighted by Gasteiger charge is 2.30. The molecule has 184 valence electrons. The Morgan fingerprint density at radius 2 is 1.69 bits per heavy atom. The first-order chi connectivity index (χ1) is 16.6. The average molecular weight is 488 g/mol. The summed E-state index contributed by atoms with van der Waals surface area (Å²) in [6.45, 7) is -0.264. The third-order valence-corrected chi connectivity index (χ3v) is 4.86. The SMILES string of the molecule is NC(=O)c1ccccc1OCc1cccc(C(=O)NCC(O)COc2ccc(C(F)(F)F)cc2)c1. The fraction of sp³-hybridized carbons (Fsp3) is 0.200. The van der Waals surface area contributed by atoms with Gasteiger partial charge < -0.3 is 25.6 Å². The molecule has 0 aromatic heterocycles. The van der Waals surface area contributed by atoms with Gasteiger partial charge in [0.1, 0.15) is 30.8 Å². The molecule has 4 N–H and O–H groups in total. The molecule has 0 aliphatic heterocycles. The van der Waals surface area contributed by atoms with E-state index in [1.165, 1.54) is 0 Å². The molecule has 3 rings (SSSR count). The second-order valence-corrected chi connectivity index (χ2v) is 7.55. The van der Waals surface area contributed by atoms with Crippen molar-refractivity contribution in [1.82, 2.24) is 5.32 Å². The van der Waals surface area contributed by atoms with Crippen LogP contribution < -0.4 is 20.5 Å². The van der Waals surface area contributed by atoms with Crippen LogP contribution in [0.3, 0.4) is 0 Å². The third kappa shape index (κ3) is 7.47. The molecule has 0 saturated heterocycles. The predicted octanol–water partition coefficient (Wildman–Crippen LogP) is 3.55. The fourth-order valence-electron chi connectivity index (χ4n) is 3.06. The van der Waals surface area contributed by atoms with Crippen molar-refractivity contribution in [2.24, 2.45) is 5.73 Å². The molecule has 1 unspecified atom stereocenters. The smallest absolute Gasteiger partial charge is 0.416 e. The summed E-state index contributed by atoms with van der Waals surface area (Å²) in [4.78, 5) is 24.0. The average Bonchev–Trinajstić information content (AvgIpc) is 2.84. The van der Waals surface area contributed by atoms with Crippen molar-refractivity contribution in [3.63, 3.8) is 0 Å². The molecule has 0 aliphatic rings. The number of para-hydroxylation sites is 1. The summed E-state index contributed by atoms with van der Waals surface area (Å²) in [5.41, 5.74) is 5.77. The minimum Gasteiger partial charge on any atom is -0.491 e. The zero-order valence-corrected chi connectivity index (χ0v) is 18.4. The van der Waals surface area contributed by atoms with Gasteiger partial charge in [0.15, 0.2) is 0 Å². The zero-order valence-electron chi connectivity index (χ0n) is 18.4. The Morgan fingerprint density at radius 3 is 2.37 bits per heavy atom. The highest BCUT2D eigenvalue weighted by atomic mass is 19.4. The summed E-state index contributed by atoms with van der Waals surface area (Å²) in [6, 6.07) is 17.2. The number of ether oxygens (including phenoxy) is 2. The van der Waals surface area contributed by atoms with Gasteiger partial charge in [-0.25, -0.2) is 0 Å². The summed E-state index contributed by atoms with van der Waals surface area (Å²) in [5, 5.41) is 12.6. The molecule has 7 nitrogen and oxygen atoms in total. The lowest BCUT2D eigenvalue weighted by atomic mass is 10.1. The summed E-state index contributed by atoms with van der Waals surface area (Å²) in [5.74, 6) is -0.576. The maximum Gasteiger partial charge on any atom is 0.416 e. The van der Waals surface area contributed by atoms with Crippen LogP contribution in [0, 0.1) is 0 Å². The van der Waals surface area contributed by atoms with Gasteiger partial charge >= 0.3 is 6.18 Å². The van der Waals surface area contributed by atoms with Crippen molar-refractivity contribution < 1.29 is 37.3 Å². The number of carbonyl (C=O) groups excluding carboxylic acids is 2. The lowest BCUT2D eigenvalue weighted by molar-refractivity contribution is -0.137. The minimum absolute atomic E-state index is 0.0923. The predicted molar refractivity (Wildman–Crippen MR) is 121 cm³/mol. The van der Waals surface area contributed by atoms with Crippen molar-refractivity contribution in [3.05, 3.63) is 95.1 Å². The van der Waals surface area contributed by atoms with E-state index in [0.717, 1.165) is 24.3 Å². The number of amides is 2. The second-order valence-electron chi connectivity index (χ2n) is 7.55. The van der Waals surface area contributed by atoms with Gasteiger partial charge in [0.2, 0.25) is 0 Å². The maximum absolute atomic E-state index is 12.6. The highest BCUT2D eigenvalue weighted by Crippen LogP contribution is 2.30. The Kier molecular flexibility index (Phi) is 8.32. The van der Waals surface area contributed by atoms with Crippen molar-refractivity contribution in [1.29, 1.82) is 0 Å². The monoisotopic (exact) mass is 488 g/mol. The standard InChI is InChI=1S/C25H23F3N2O5/c26-25(27,28)18-8-10-20(11-9-18)34-15-19(31)13-30-24(33)17-5-3-4-16(12-17)14-35-22-7-2-1-6-21(22)23(29)32/h1-12,19,31H,13-15H2,(H2,29,32)(H,30,33). The Bertz CT molecular complexity index is 1170. The van der Waals surface area contributed by atoms with Crippen LogP contribution >= 0.6 is 0 Å². The number of aliphatic hydroxyl groups excluding tert-OH is 1. The van der Waals surface area contributed by atoms with E-state index in [4.69, 9.17) is 15.2 Å². The van der Waals surface area contributed by atoms with Gasteiger partial charge in [0, 0.05) is 12.1 Å². The number of nitrogens with one attached hydrogen (secondary N) is 1. The molecule has 0 saturated carbocycles. The lowest BCUT2D eigenvalue weighted by Gasteiger charge is -2.14. The normalized spacial score (nSPS) is 12.0. The summed E-state index contributed by atoms with van der Waals surface area (Å²) >= 11 is 0. The number of benzene rings is 3. The van der Waals surface area contributed by atoms with Crippen molar-refractivity contribution in [3.8, 4) is 11.5 Å². The third-order valence-electron chi connectivity index (χ3n) is 4.86. The van der Waals surface area contributed by atoms with Crippen molar-refractivity contribution in [2.45, 2.75) is 18.9 Å². The van der Waals surface area contributed by atoms with E-state index in [9.17, 15) is 27.9 Å². The summed E-state index contributed by atoms with van der Waals surface area (Å²) in [7, 11) is 0. The van der Waals surface area contributed by atoms with Crippen LogP contribution in [0.25, 0.3) is 0 Å². The Hall–Kier alpha value is -4.05. The van der Waals surface area contributed by atoms with Gasteiger partial charge in [-0.15, -0.1) is 0 Å². The topological polar surface area (TPSA) is 111 Å². The molecule has 2 amide bonds. The Labute approximate surface area is 199 Å². The van der Waals surface area contributed by atoms with E-state index in [-0.39, 0.29) is 31.1 Å². The Morgan fingerprint density at radius 1 is 0.971 bits per heavy atom. The molecule has 3 aromatic carbocycles.